The first kappa shape index (κ1) is 18.7. The number of hydrogen-bond acceptors (Lipinski definition) is 7. The van der Waals surface area contributed by atoms with Crippen LogP contribution < -0.4 is 10.2 Å². The molecule has 0 radical (unpaired) electrons. The van der Waals surface area contributed by atoms with E-state index in [1.165, 1.54) is 37.7 Å². The zero-order chi connectivity index (χ0) is 18.8. The van der Waals surface area contributed by atoms with E-state index in [-0.39, 0.29) is 23.8 Å². The lowest BCUT2D eigenvalue weighted by atomic mass is 9.86. The number of ether oxygens (including phenoxy) is 1. The lowest BCUT2D eigenvalue weighted by Gasteiger charge is -2.27. The van der Waals surface area contributed by atoms with Crippen molar-refractivity contribution in [1.29, 1.82) is 0 Å². The number of anilines is 1. The van der Waals surface area contributed by atoms with Crippen molar-refractivity contribution in [2.24, 2.45) is 5.92 Å². The topological polar surface area (TPSA) is 71.5 Å². The fourth-order valence-corrected chi connectivity index (χ4v) is 6.12. The van der Waals surface area contributed by atoms with Gasteiger partial charge in [-0.05, 0) is 51.0 Å². The zero-order valence-electron chi connectivity index (χ0n) is 15.5. The summed E-state index contributed by atoms with van der Waals surface area (Å²) in [6.45, 7) is 2.17. The SMILES string of the molecule is COC(=O)C1CCC(NC(=O)c2cc3sc(N4CCCCC4)nc3s2)CC1. The Bertz CT molecular complexity index is 786. The van der Waals surface area contributed by atoms with E-state index in [4.69, 9.17) is 9.72 Å². The van der Waals surface area contributed by atoms with Crippen LogP contribution in [0, 0.1) is 5.92 Å². The Kier molecular flexibility index (Phi) is 5.63. The van der Waals surface area contributed by atoms with Crippen LogP contribution in [0.15, 0.2) is 6.07 Å². The summed E-state index contributed by atoms with van der Waals surface area (Å²) >= 11 is 3.16. The third-order valence-corrected chi connectivity index (χ3v) is 7.75. The summed E-state index contributed by atoms with van der Waals surface area (Å²) in [5, 5.41) is 4.21. The van der Waals surface area contributed by atoms with E-state index in [0.29, 0.717) is 0 Å². The number of carbonyl (C=O) groups is 2. The molecule has 1 amide bonds. The van der Waals surface area contributed by atoms with Gasteiger partial charge in [0.05, 0.1) is 22.6 Å². The van der Waals surface area contributed by atoms with Crippen LogP contribution in [0.2, 0.25) is 0 Å². The van der Waals surface area contributed by atoms with Crippen LogP contribution >= 0.6 is 22.7 Å². The molecule has 1 saturated carbocycles. The molecule has 27 heavy (non-hydrogen) atoms. The molecule has 4 rings (SSSR count). The third-order valence-electron chi connectivity index (χ3n) is 5.53. The number of esters is 1. The second kappa shape index (κ2) is 8.14. The van der Waals surface area contributed by atoms with Crippen LogP contribution in [-0.4, -0.2) is 43.1 Å². The average molecular weight is 408 g/mol. The van der Waals surface area contributed by atoms with Crippen molar-refractivity contribution in [3.63, 3.8) is 0 Å². The van der Waals surface area contributed by atoms with Gasteiger partial charge in [0.2, 0.25) is 0 Å². The number of piperidine rings is 1. The van der Waals surface area contributed by atoms with Crippen molar-refractivity contribution in [2.75, 3.05) is 25.1 Å². The molecule has 3 heterocycles. The number of amides is 1. The highest BCUT2D eigenvalue weighted by Crippen LogP contribution is 2.36. The van der Waals surface area contributed by atoms with Crippen molar-refractivity contribution in [1.82, 2.24) is 10.3 Å². The number of fused-ring (bicyclic) bond motifs is 1. The van der Waals surface area contributed by atoms with Gasteiger partial charge in [0.15, 0.2) is 5.13 Å². The van der Waals surface area contributed by atoms with Gasteiger partial charge in [-0.25, -0.2) is 4.98 Å². The normalized spacial score (nSPS) is 23.4. The molecule has 1 saturated heterocycles. The molecule has 0 aromatic carbocycles. The molecule has 0 atom stereocenters. The van der Waals surface area contributed by atoms with Gasteiger partial charge in [0.25, 0.3) is 5.91 Å². The van der Waals surface area contributed by atoms with Crippen molar-refractivity contribution in [3.05, 3.63) is 10.9 Å². The molecular formula is C19H25N3O3S2. The number of aromatic nitrogens is 1. The number of methoxy groups -OCH3 is 1. The molecule has 2 fully saturated rings. The van der Waals surface area contributed by atoms with Crippen molar-refractivity contribution in [3.8, 4) is 0 Å². The lowest BCUT2D eigenvalue weighted by Crippen LogP contribution is -2.38. The van der Waals surface area contributed by atoms with Gasteiger partial charge in [-0.1, -0.05) is 11.3 Å². The van der Waals surface area contributed by atoms with Gasteiger partial charge in [-0.15, -0.1) is 11.3 Å². The van der Waals surface area contributed by atoms with Gasteiger partial charge in [0, 0.05) is 19.1 Å². The highest BCUT2D eigenvalue weighted by atomic mass is 32.1. The van der Waals surface area contributed by atoms with Crippen LogP contribution in [0.25, 0.3) is 9.53 Å². The summed E-state index contributed by atoms with van der Waals surface area (Å²) in [6, 6.07) is 2.11. The van der Waals surface area contributed by atoms with Crippen LogP contribution in [-0.2, 0) is 9.53 Å². The molecule has 1 aliphatic heterocycles. The first-order valence-electron chi connectivity index (χ1n) is 9.68. The lowest BCUT2D eigenvalue weighted by molar-refractivity contribution is -0.146. The summed E-state index contributed by atoms with van der Waals surface area (Å²) in [5.41, 5.74) is 0. The van der Waals surface area contributed by atoms with Crippen molar-refractivity contribution >= 4 is 49.2 Å². The van der Waals surface area contributed by atoms with E-state index in [1.54, 1.807) is 11.3 Å². The van der Waals surface area contributed by atoms with Gasteiger partial charge in [0.1, 0.15) is 4.83 Å². The minimum Gasteiger partial charge on any atom is -0.469 e. The van der Waals surface area contributed by atoms with E-state index in [0.717, 1.165) is 58.3 Å². The zero-order valence-corrected chi connectivity index (χ0v) is 17.2. The second-order valence-electron chi connectivity index (χ2n) is 7.37. The predicted molar refractivity (Wildman–Crippen MR) is 109 cm³/mol. The Morgan fingerprint density at radius 1 is 1.15 bits per heavy atom. The minimum atomic E-state index is -0.131. The molecule has 0 spiro atoms. The molecule has 2 aromatic heterocycles. The highest BCUT2D eigenvalue weighted by Gasteiger charge is 2.28. The third kappa shape index (κ3) is 4.11. The standard InChI is InChI=1S/C19H25N3O3S2/c1-25-18(24)12-5-7-13(8-6-12)20-16(23)14-11-15-17(26-14)21-19(27-15)22-9-3-2-4-10-22/h11-13H,2-10H2,1H3,(H,20,23). The molecular weight excluding hydrogens is 382 g/mol. The maximum atomic E-state index is 12.6. The summed E-state index contributed by atoms with van der Waals surface area (Å²) in [6.07, 6.45) is 6.97. The summed E-state index contributed by atoms with van der Waals surface area (Å²) in [4.78, 5) is 33.0. The maximum Gasteiger partial charge on any atom is 0.308 e. The molecule has 0 bridgehead atoms. The second-order valence-corrected chi connectivity index (χ2v) is 9.41. The van der Waals surface area contributed by atoms with Crippen LogP contribution in [0.1, 0.15) is 54.6 Å². The van der Waals surface area contributed by atoms with Crippen molar-refractivity contribution < 1.29 is 14.3 Å². The smallest absolute Gasteiger partial charge is 0.308 e. The molecule has 1 N–H and O–H groups in total. The van der Waals surface area contributed by atoms with Gasteiger partial charge < -0.3 is 15.0 Å². The van der Waals surface area contributed by atoms with Gasteiger partial charge in [-0.2, -0.15) is 0 Å². The van der Waals surface area contributed by atoms with E-state index >= 15 is 0 Å². The first-order valence-corrected chi connectivity index (χ1v) is 11.3. The minimum absolute atomic E-state index is 0.0207. The largest absolute Gasteiger partial charge is 0.469 e. The molecule has 2 aliphatic rings. The van der Waals surface area contributed by atoms with Gasteiger partial charge >= 0.3 is 5.97 Å². The Morgan fingerprint density at radius 2 is 1.89 bits per heavy atom. The fraction of sp³-hybridized carbons (Fsp3) is 0.632. The fourth-order valence-electron chi connectivity index (χ4n) is 3.95. The number of rotatable bonds is 4. The molecule has 2 aromatic rings. The molecule has 6 nitrogen and oxygen atoms in total. The summed E-state index contributed by atoms with van der Waals surface area (Å²) in [5.74, 6) is -0.173. The molecule has 0 unspecified atom stereocenters. The highest BCUT2D eigenvalue weighted by molar-refractivity contribution is 7.29. The van der Waals surface area contributed by atoms with Crippen LogP contribution in [0.3, 0.4) is 0 Å². The Hall–Kier alpha value is -1.67. The number of carbonyl (C=O) groups excluding carboxylic acids is 2. The predicted octanol–water partition coefficient (Wildman–Crippen LogP) is 3.81. The Morgan fingerprint density at radius 3 is 2.56 bits per heavy atom. The van der Waals surface area contributed by atoms with E-state index < -0.39 is 0 Å². The van der Waals surface area contributed by atoms with Gasteiger partial charge in [-0.3, -0.25) is 9.59 Å². The Balaban J connectivity index is 1.36. The molecule has 1 aliphatic carbocycles. The number of thiazole rings is 1. The average Bonchev–Trinajstić information content (AvgIpc) is 3.28. The van der Waals surface area contributed by atoms with Crippen LogP contribution in [0.5, 0.6) is 0 Å². The number of thiophene rings is 1. The maximum absolute atomic E-state index is 12.6. The number of nitrogens with zero attached hydrogens (tertiary/aromatic N) is 2. The Labute approximate surface area is 166 Å². The molecule has 8 heteroatoms. The van der Waals surface area contributed by atoms with Crippen molar-refractivity contribution in [2.45, 2.75) is 51.0 Å². The molecule has 146 valence electrons. The number of hydrogen-bond donors (Lipinski definition) is 1. The van der Waals surface area contributed by atoms with E-state index in [9.17, 15) is 9.59 Å². The van der Waals surface area contributed by atoms with E-state index in [1.807, 2.05) is 6.07 Å². The number of nitrogens with one attached hydrogen (secondary N) is 1. The van der Waals surface area contributed by atoms with Crippen LogP contribution in [0.4, 0.5) is 5.13 Å². The first-order chi connectivity index (χ1) is 13.1. The van der Waals surface area contributed by atoms with E-state index in [2.05, 4.69) is 10.2 Å². The summed E-state index contributed by atoms with van der Waals surface area (Å²) in [7, 11) is 1.43. The summed E-state index contributed by atoms with van der Waals surface area (Å²) < 4.78 is 5.92. The monoisotopic (exact) mass is 407 g/mol. The quantitative estimate of drug-likeness (QED) is 0.781.